The predicted octanol–water partition coefficient (Wildman–Crippen LogP) is 3.05. The van der Waals surface area contributed by atoms with Crippen LogP contribution in [0.5, 0.6) is 11.5 Å². The average Bonchev–Trinajstić information content (AvgIpc) is 2.29. The highest BCUT2D eigenvalue weighted by atomic mass is 79.9. The van der Waals surface area contributed by atoms with Crippen LogP contribution in [0.3, 0.4) is 0 Å². The van der Waals surface area contributed by atoms with E-state index >= 15 is 0 Å². The lowest BCUT2D eigenvalue weighted by Gasteiger charge is -2.11. The molecule has 1 N–H and O–H groups in total. The van der Waals surface area contributed by atoms with Crippen LogP contribution in [-0.2, 0) is 0 Å². The molecule has 0 fully saturated rings. The van der Waals surface area contributed by atoms with E-state index in [9.17, 15) is 0 Å². The third-order valence-electron chi connectivity index (χ3n) is 1.94. The maximum absolute atomic E-state index is 8.50. The molecule has 0 saturated carbocycles. The number of nitrogens with zero attached hydrogens (tertiary/aromatic N) is 1. The van der Waals surface area contributed by atoms with Gasteiger partial charge in [-0.1, -0.05) is 12.1 Å². The lowest BCUT2D eigenvalue weighted by Crippen LogP contribution is -1.99. The molecule has 1 aromatic carbocycles. The summed E-state index contributed by atoms with van der Waals surface area (Å²) in [4.78, 5) is 0. The third-order valence-corrected chi connectivity index (χ3v) is 2.63. The first-order valence-electron chi connectivity index (χ1n) is 4.90. The Balaban J connectivity index is 3.05. The normalized spacial score (nSPS) is 10.7. The molecule has 0 atom stereocenters. The van der Waals surface area contributed by atoms with E-state index in [1.165, 1.54) is 6.21 Å². The summed E-state index contributed by atoms with van der Waals surface area (Å²) < 4.78 is 11.5. The van der Waals surface area contributed by atoms with Crippen LogP contribution in [0.2, 0.25) is 0 Å². The number of oxime groups is 1. The van der Waals surface area contributed by atoms with E-state index in [-0.39, 0.29) is 0 Å². The second kappa shape index (κ2) is 6.37. The molecule has 0 saturated heterocycles. The molecule has 0 bridgehead atoms. The molecule has 0 aliphatic heterocycles. The highest BCUT2D eigenvalue weighted by Crippen LogP contribution is 2.32. The largest absolute Gasteiger partial charge is 0.493 e. The van der Waals surface area contributed by atoms with Crippen molar-refractivity contribution in [1.82, 2.24) is 0 Å². The Bertz CT molecular complexity index is 380. The third kappa shape index (κ3) is 3.13. The van der Waals surface area contributed by atoms with E-state index < -0.39 is 0 Å². The topological polar surface area (TPSA) is 51.0 Å². The second-order valence-electron chi connectivity index (χ2n) is 3.12. The molecule has 0 aromatic heterocycles. The first-order valence-corrected chi connectivity index (χ1v) is 5.70. The number of benzene rings is 1. The zero-order valence-corrected chi connectivity index (χ0v) is 10.8. The molecule has 5 heteroatoms. The highest BCUT2D eigenvalue weighted by Gasteiger charge is 2.08. The molecule has 0 radical (unpaired) electrons. The molecule has 0 aliphatic carbocycles. The van der Waals surface area contributed by atoms with Crippen molar-refractivity contribution in [3.8, 4) is 11.5 Å². The Hall–Kier alpha value is -1.23. The van der Waals surface area contributed by atoms with Gasteiger partial charge in [0.1, 0.15) is 0 Å². The number of hydrogen-bond acceptors (Lipinski definition) is 4. The van der Waals surface area contributed by atoms with Gasteiger partial charge < -0.3 is 14.7 Å². The lowest BCUT2D eigenvalue weighted by atomic mass is 10.2. The summed E-state index contributed by atoms with van der Waals surface area (Å²) in [7, 11) is 1.57. The first-order chi connectivity index (χ1) is 7.72. The zero-order chi connectivity index (χ0) is 12.0. The van der Waals surface area contributed by atoms with Gasteiger partial charge in [0.25, 0.3) is 0 Å². The molecular weight excluding hydrogens is 274 g/mol. The highest BCUT2D eigenvalue weighted by molar-refractivity contribution is 9.10. The van der Waals surface area contributed by atoms with Crippen LogP contribution in [0.4, 0.5) is 0 Å². The molecule has 88 valence electrons. The summed E-state index contributed by atoms with van der Waals surface area (Å²) in [6, 6.07) is 3.54. The average molecular weight is 288 g/mol. The molecule has 1 rings (SSSR count). The van der Waals surface area contributed by atoms with Gasteiger partial charge in [-0.15, -0.1) is 0 Å². The Kier molecular flexibility index (Phi) is 5.11. The number of rotatable bonds is 5. The van der Waals surface area contributed by atoms with Crippen LogP contribution in [0, 0.1) is 0 Å². The molecular formula is C11H14BrNO3. The number of ether oxygens (including phenoxy) is 2. The summed E-state index contributed by atoms with van der Waals surface area (Å²) in [6.45, 7) is 2.67. The van der Waals surface area contributed by atoms with Gasteiger partial charge in [-0.05, 0) is 34.5 Å². The van der Waals surface area contributed by atoms with Crippen molar-refractivity contribution in [2.24, 2.45) is 5.16 Å². The van der Waals surface area contributed by atoms with Crippen LogP contribution in [0.15, 0.2) is 21.8 Å². The molecule has 16 heavy (non-hydrogen) atoms. The summed E-state index contributed by atoms with van der Waals surface area (Å²) in [5.74, 6) is 1.29. The monoisotopic (exact) mass is 287 g/mol. The van der Waals surface area contributed by atoms with Gasteiger partial charge in [0.05, 0.1) is 19.9 Å². The minimum atomic E-state index is 0.617. The molecule has 4 nitrogen and oxygen atoms in total. The SMILES string of the molecule is CCCOc1cc(Br)c(/C=N/O)cc1OC. The van der Waals surface area contributed by atoms with Gasteiger partial charge in [0, 0.05) is 10.0 Å². The fourth-order valence-corrected chi connectivity index (χ4v) is 1.62. The van der Waals surface area contributed by atoms with Crippen LogP contribution in [0.1, 0.15) is 18.9 Å². The van der Waals surface area contributed by atoms with Gasteiger partial charge in [-0.3, -0.25) is 0 Å². The molecule has 1 aromatic rings. The van der Waals surface area contributed by atoms with Crippen molar-refractivity contribution in [2.45, 2.75) is 13.3 Å². The minimum absolute atomic E-state index is 0.617. The molecule has 0 aliphatic rings. The minimum Gasteiger partial charge on any atom is -0.493 e. The maximum Gasteiger partial charge on any atom is 0.162 e. The van der Waals surface area contributed by atoms with Crippen LogP contribution < -0.4 is 9.47 Å². The molecule has 0 unspecified atom stereocenters. The Morgan fingerprint density at radius 1 is 1.44 bits per heavy atom. The van der Waals surface area contributed by atoms with E-state index in [4.69, 9.17) is 14.7 Å². The van der Waals surface area contributed by atoms with Crippen molar-refractivity contribution in [1.29, 1.82) is 0 Å². The molecule has 0 amide bonds. The molecule has 0 spiro atoms. The van der Waals surface area contributed by atoms with Crippen LogP contribution in [0.25, 0.3) is 0 Å². The Morgan fingerprint density at radius 3 is 2.75 bits per heavy atom. The maximum atomic E-state index is 8.50. The predicted molar refractivity (Wildman–Crippen MR) is 65.9 cm³/mol. The second-order valence-corrected chi connectivity index (χ2v) is 3.97. The van der Waals surface area contributed by atoms with Crippen LogP contribution in [-0.4, -0.2) is 25.1 Å². The summed E-state index contributed by atoms with van der Waals surface area (Å²) in [6.07, 6.45) is 2.26. The Morgan fingerprint density at radius 2 is 2.19 bits per heavy atom. The van der Waals surface area contributed by atoms with Gasteiger partial charge >= 0.3 is 0 Å². The lowest BCUT2D eigenvalue weighted by molar-refractivity contribution is 0.294. The van der Waals surface area contributed by atoms with Gasteiger partial charge in [0.2, 0.25) is 0 Å². The van der Waals surface area contributed by atoms with Crippen molar-refractivity contribution in [3.05, 3.63) is 22.2 Å². The summed E-state index contributed by atoms with van der Waals surface area (Å²) in [5, 5.41) is 11.5. The number of halogens is 1. The van der Waals surface area contributed by atoms with E-state index in [0.29, 0.717) is 18.1 Å². The van der Waals surface area contributed by atoms with Crippen LogP contribution >= 0.6 is 15.9 Å². The number of hydrogen-bond donors (Lipinski definition) is 1. The smallest absolute Gasteiger partial charge is 0.162 e. The van der Waals surface area contributed by atoms with E-state index in [1.54, 1.807) is 19.2 Å². The summed E-state index contributed by atoms with van der Waals surface area (Å²) in [5.41, 5.74) is 0.725. The van der Waals surface area contributed by atoms with E-state index in [0.717, 1.165) is 16.5 Å². The first kappa shape index (κ1) is 12.8. The van der Waals surface area contributed by atoms with Gasteiger partial charge in [0.15, 0.2) is 11.5 Å². The van der Waals surface area contributed by atoms with Gasteiger partial charge in [-0.25, -0.2) is 0 Å². The Labute approximate surface area is 103 Å². The van der Waals surface area contributed by atoms with E-state index in [1.807, 2.05) is 6.92 Å². The fraction of sp³-hybridized carbons (Fsp3) is 0.364. The summed E-state index contributed by atoms with van der Waals surface area (Å²) >= 11 is 3.37. The van der Waals surface area contributed by atoms with Crippen molar-refractivity contribution in [2.75, 3.05) is 13.7 Å². The zero-order valence-electron chi connectivity index (χ0n) is 9.24. The standard InChI is InChI=1S/C11H14BrNO3/c1-3-4-16-11-6-9(12)8(7-13-14)5-10(11)15-2/h5-7,14H,3-4H2,1-2H3/b13-7+. The fourth-order valence-electron chi connectivity index (χ4n) is 1.20. The van der Waals surface area contributed by atoms with Gasteiger partial charge in [-0.2, -0.15) is 0 Å². The number of methoxy groups -OCH3 is 1. The molecule has 0 heterocycles. The van der Waals surface area contributed by atoms with Crippen molar-refractivity contribution in [3.63, 3.8) is 0 Å². The quantitative estimate of drug-likeness (QED) is 0.514. The van der Waals surface area contributed by atoms with E-state index in [2.05, 4.69) is 21.1 Å². The van der Waals surface area contributed by atoms with Crippen molar-refractivity contribution < 1.29 is 14.7 Å². The van der Waals surface area contributed by atoms with Crippen molar-refractivity contribution >= 4 is 22.1 Å².